The van der Waals surface area contributed by atoms with Crippen LogP contribution in [0.1, 0.15) is 36.8 Å². The van der Waals surface area contributed by atoms with E-state index in [4.69, 9.17) is 41.1 Å². The number of hydrogen-bond acceptors (Lipinski definition) is 11. The Morgan fingerprint density at radius 3 is 1.41 bits per heavy atom. The standard InChI is InChI=1S/C44H44N3O8P3/c48-33-16-14-21-35-19-10-12-29-40(35)50-42-31-18-32-43(44(42)51-41-30-13-11-20-36(41)22-15-17-34-49)55-58(54-39-27-8-3-9-28-39)46-56-45-57(47-58,52-37-23-4-1-5-24-37)53-38-25-6-2-7-26-38/h1-13,18-20,23-32,48-49H,14-17,21-22,33-34H2. The van der Waals surface area contributed by atoms with Gasteiger partial charge in [-0.05, 0) is 110 Å². The molecule has 58 heavy (non-hydrogen) atoms. The largest absolute Gasteiger partial charge is 0.460 e. The van der Waals surface area contributed by atoms with E-state index in [-0.39, 0.29) is 33.2 Å². The zero-order valence-corrected chi connectivity index (χ0v) is 34.4. The molecule has 0 aromatic heterocycles. The number of rotatable bonds is 20. The fraction of sp³-hybridized carbons (Fsp3) is 0.182. The average Bonchev–Trinajstić information content (AvgIpc) is 3.24. The Balaban J connectivity index is 1.37. The van der Waals surface area contributed by atoms with Crippen molar-refractivity contribution in [1.82, 2.24) is 0 Å². The zero-order chi connectivity index (χ0) is 39.9. The molecule has 1 aliphatic rings. The lowest BCUT2D eigenvalue weighted by Crippen LogP contribution is -2.06. The summed E-state index contributed by atoms with van der Waals surface area (Å²) < 4.78 is 55.2. The third-order valence-electron chi connectivity index (χ3n) is 8.68. The van der Waals surface area contributed by atoms with Crippen LogP contribution in [0.5, 0.6) is 46.0 Å². The number of para-hydroxylation sites is 6. The number of hydrogen-bond donors (Lipinski definition) is 2. The van der Waals surface area contributed by atoms with Gasteiger partial charge in [-0.3, -0.25) is 0 Å². The molecule has 0 aliphatic carbocycles. The highest BCUT2D eigenvalue weighted by molar-refractivity contribution is 7.73. The van der Waals surface area contributed by atoms with E-state index in [1.807, 2.05) is 152 Å². The number of aryl methyl sites for hydroxylation is 2. The fourth-order valence-corrected chi connectivity index (χ4v) is 12.1. The normalized spacial score (nSPS) is 15.6. The van der Waals surface area contributed by atoms with Crippen LogP contribution < -0.4 is 27.6 Å². The van der Waals surface area contributed by atoms with Crippen LogP contribution in [0.2, 0.25) is 0 Å². The average molecular weight is 836 g/mol. The second kappa shape index (κ2) is 20.3. The van der Waals surface area contributed by atoms with Gasteiger partial charge in [0.1, 0.15) is 28.7 Å². The van der Waals surface area contributed by atoms with E-state index >= 15 is 0 Å². The van der Waals surface area contributed by atoms with Gasteiger partial charge < -0.3 is 37.8 Å². The summed E-state index contributed by atoms with van der Waals surface area (Å²) in [5.41, 5.74) is 1.94. The molecule has 0 fully saturated rings. The van der Waals surface area contributed by atoms with E-state index < -0.39 is 15.3 Å². The smallest absolute Gasteiger partial charge is 0.453 e. The minimum absolute atomic E-state index is 0.105. The molecule has 0 saturated heterocycles. The molecule has 0 radical (unpaired) electrons. The molecule has 6 aromatic rings. The van der Waals surface area contributed by atoms with Crippen molar-refractivity contribution in [2.75, 3.05) is 13.2 Å². The summed E-state index contributed by atoms with van der Waals surface area (Å²) >= 11 is 0. The fourth-order valence-electron chi connectivity index (χ4n) is 5.92. The van der Waals surface area contributed by atoms with E-state index in [2.05, 4.69) is 0 Å². The quantitative estimate of drug-likeness (QED) is 0.0574. The summed E-state index contributed by atoms with van der Waals surface area (Å²) in [6.07, 6.45) is 4.30. The molecule has 298 valence electrons. The minimum atomic E-state index is -3.77. The summed E-state index contributed by atoms with van der Waals surface area (Å²) in [6.45, 7) is 0.223. The van der Waals surface area contributed by atoms with Crippen molar-refractivity contribution in [3.05, 3.63) is 169 Å². The maximum atomic E-state index is 9.51. The molecule has 0 bridgehead atoms. The lowest BCUT2D eigenvalue weighted by Gasteiger charge is -2.28. The Kier molecular flexibility index (Phi) is 14.3. The highest BCUT2D eigenvalue weighted by atomic mass is 31.3. The lowest BCUT2D eigenvalue weighted by atomic mass is 10.1. The molecule has 1 atom stereocenters. The summed E-state index contributed by atoms with van der Waals surface area (Å²) in [4.78, 5) is 0. The molecule has 2 N–H and O–H groups in total. The number of nitrogens with zero attached hydrogens (tertiary/aromatic N) is 3. The topological polar surface area (TPSA) is 133 Å². The van der Waals surface area contributed by atoms with Gasteiger partial charge in [-0.2, -0.15) is 0 Å². The first-order chi connectivity index (χ1) is 28.6. The van der Waals surface area contributed by atoms with Crippen molar-refractivity contribution in [3.8, 4) is 46.0 Å². The molecule has 1 unspecified atom stereocenters. The van der Waals surface area contributed by atoms with Gasteiger partial charge in [0.25, 0.3) is 0 Å². The lowest BCUT2D eigenvalue weighted by molar-refractivity contribution is 0.284. The Hall–Kier alpha value is -5.40. The van der Waals surface area contributed by atoms with Gasteiger partial charge in [0, 0.05) is 13.2 Å². The molecule has 0 amide bonds. The maximum Gasteiger partial charge on any atom is 0.460 e. The van der Waals surface area contributed by atoms with Crippen LogP contribution in [0.25, 0.3) is 0 Å². The Morgan fingerprint density at radius 1 is 0.431 bits per heavy atom. The summed E-state index contributed by atoms with van der Waals surface area (Å²) in [5.74, 6) is 3.64. The Morgan fingerprint density at radius 2 is 0.879 bits per heavy atom. The summed E-state index contributed by atoms with van der Waals surface area (Å²) in [6, 6.07) is 48.7. The number of benzene rings is 6. The van der Waals surface area contributed by atoms with Gasteiger partial charge in [0.2, 0.25) is 5.75 Å². The SMILES string of the molecule is OCCCCc1ccccc1Oc1cccc(OP2(Oc3ccccc3)=NP=NP(Oc3ccccc3)(Oc3ccccc3)=N2)c1Oc1ccccc1CCCCO. The van der Waals surface area contributed by atoms with Crippen molar-refractivity contribution in [3.63, 3.8) is 0 Å². The van der Waals surface area contributed by atoms with E-state index in [1.165, 1.54) is 0 Å². The van der Waals surface area contributed by atoms with Crippen LogP contribution in [0.4, 0.5) is 0 Å². The molecule has 7 rings (SSSR count). The van der Waals surface area contributed by atoms with Gasteiger partial charge in [-0.15, -0.1) is 9.03 Å². The molecule has 0 saturated carbocycles. The second-order valence-corrected chi connectivity index (χ2v) is 18.0. The van der Waals surface area contributed by atoms with E-state index in [9.17, 15) is 10.2 Å². The van der Waals surface area contributed by atoms with Crippen molar-refractivity contribution in [2.45, 2.75) is 38.5 Å². The number of aliphatic hydroxyl groups is 2. The minimum Gasteiger partial charge on any atom is -0.453 e. The van der Waals surface area contributed by atoms with Crippen molar-refractivity contribution >= 4 is 23.8 Å². The van der Waals surface area contributed by atoms with Crippen LogP contribution in [0.3, 0.4) is 0 Å². The van der Waals surface area contributed by atoms with Gasteiger partial charge >= 0.3 is 15.3 Å². The van der Waals surface area contributed by atoms with E-state index in [1.54, 1.807) is 6.07 Å². The van der Waals surface area contributed by atoms with Gasteiger partial charge in [0.05, 0.1) is 0 Å². The van der Waals surface area contributed by atoms with Gasteiger partial charge in [-0.1, -0.05) is 102 Å². The first-order valence-corrected chi connectivity index (χ1v) is 22.9. The van der Waals surface area contributed by atoms with Crippen LogP contribution in [-0.4, -0.2) is 23.4 Å². The summed E-state index contributed by atoms with van der Waals surface area (Å²) in [7, 11) is -7.12. The Bertz CT molecular complexity index is 2340. The van der Waals surface area contributed by atoms with Gasteiger partial charge in [0.15, 0.2) is 20.0 Å². The van der Waals surface area contributed by atoms with Crippen LogP contribution in [0, 0.1) is 0 Å². The molecule has 6 aromatic carbocycles. The number of unbranched alkanes of at least 4 members (excludes halogenated alkanes) is 2. The third kappa shape index (κ3) is 11.0. The molecule has 0 spiro atoms. The van der Waals surface area contributed by atoms with E-state index in [0.29, 0.717) is 60.2 Å². The van der Waals surface area contributed by atoms with Gasteiger partial charge in [-0.25, -0.2) is 0 Å². The first-order valence-electron chi connectivity index (χ1n) is 19.0. The third-order valence-corrected chi connectivity index (χ3v) is 14.7. The highest BCUT2D eigenvalue weighted by Crippen LogP contribution is 2.71. The number of aliphatic hydroxyl groups excluding tert-OH is 2. The van der Waals surface area contributed by atoms with Crippen molar-refractivity contribution < 1.29 is 37.8 Å². The molecule has 1 aliphatic heterocycles. The number of ether oxygens (including phenoxy) is 2. The molecule has 1 heterocycles. The van der Waals surface area contributed by atoms with Crippen LogP contribution in [-0.2, 0) is 12.8 Å². The van der Waals surface area contributed by atoms with Crippen molar-refractivity contribution in [1.29, 1.82) is 0 Å². The molecule has 11 nitrogen and oxygen atoms in total. The molecule has 14 heteroatoms. The monoisotopic (exact) mass is 835 g/mol. The van der Waals surface area contributed by atoms with Crippen molar-refractivity contribution in [2.24, 2.45) is 13.5 Å². The molecular weight excluding hydrogens is 791 g/mol. The predicted octanol–water partition coefficient (Wildman–Crippen LogP) is 13.5. The Labute approximate surface area is 340 Å². The van der Waals surface area contributed by atoms with Crippen LogP contribution in [0.15, 0.2) is 171 Å². The predicted molar refractivity (Wildman–Crippen MR) is 229 cm³/mol. The zero-order valence-electron chi connectivity index (χ0n) is 31.7. The first kappa shape index (κ1) is 40.8. The van der Waals surface area contributed by atoms with E-state index in [0.717, 1.165) is 24.0 Å². The van der Waals surface area contributed by atoms with Crippen LogP contribution >= 0.6 is 23.8 Å². The summed E-state index contributed by atoms with van der Waals surface area (Å²) in [5, 5.41) is 19.0. The molecular formula is C44H44N3O8P3. The highest BCUT2D eigenvalue weighted by Gasteiger charge is 2.40. The maximum absolute atomic E-state index is 9.51. The second-order valence-electron chi connectivity index (χ2n) is 13.0.